The highest BCUT2D eigenvalue weighted by Gasteiger charge is 2.42. The second-order valence-corrected chi connectivity index (χ2v) is 7.29. The fourth-order valence-electron chi connectivity index (χ4n) is 2.35. The smallest absolute Gasteiger partial charge is 0.0672 e. The van der Waals surface area contributed by atoms with Crippen LogP contribution in [0.25, 0.3) is 0 Å². The van der Waals surface area contributed by atoms with Gasteiger partial charge in [-0.15, -0.1) is 0 Å². The van der Waals surface area contributed by atoms with E-state index in [1.807, 2.05) is 0 Å². The van der Waals surface area contributed by atoms with Crippen molar-refractivity contribution < 1.29 is 4.74 Å². The average molecular weight is 213 g/mol. The van der Waals surface area contributed by atoms with Gasteiger partial charge in [0.15, 0.2) is 0 Å². The van der Waals surface area contributed by atoms with Gasteiger partial charge < -0.3 is 10.5 Å². The Kier molecular flexibility index (Phi) is 3.24. The lowest BCUT2D eigenvalue weighted by molar-refractivity contribution is -0.0877. The Morgan fingerprint density at radius 2 is 1.47 bits per heavy atom. The highest BCUT2D eigenvalue weighted by atomic mass is 16.5. The van der Waals surface area contributed by atoms with Crippen molar-refractivity contribution in [2.45, 2.75) is 66.0 Å². The summed E-state index contributed by atoms with van der Waals surface area (Å²) in [4.78, 5) is 0. The van der Waals surface area contributed by atoms with Crippen molar-refractivity contribution in [3.05, 3.63) is 0 Å². The van der Waals surface area contributed by atoms with E-state index in [1.165, 1.54) is 0 Å². The van der Waals surface area contributed by atoms with Gasteiger partial charge in [0.1, 0.15) is 0 Å². The summed E-state index contributed by atoms with van der Waals surface area (Å²) in [5, 5.41) is 0. The fraction of sp³-hybridized carbons (Fsp3) is 1.00. The summed E-state index contributed by atoms with van der Waals surface area (Å²) in [5.74, 6) is 0. The molecule has 0 saturated heterocycles. The van der Waals surface area contributed by atoms with Gasteiger partial charge in [-0.2, -0.15) is 0 Å². The van der Waals surface area contributed by atoms with Crippen molar-refractivity contribution in [2.24, 2.45) is 16.6 Å². The molecule has 2 nitrogen and oxygen atoms in total. The second-order valence-electron chi connectivity index (χ2n) is 7.29. The van der Waals surface area contributed by atoms with E-state index in [2.05, 4.69) is 41.5 Å². The van der Waals surface area contributed by atoms with E-state index in [0.717, 1.165) is 12.8 Å². The Labute approximate surface area is 94.6 Å². The highest BCUT2D eigenvalue weighted by molar-refractivity contribution is 4.99. The van der Waals surface area contributed by atoms with Gasteiger partial charge in [0.05, 0.1) is 12.7 Å². The summed E-state index contributed by atoms with van der Waals surface area (Å²) < 4.78 is 6.07. The molecule has 1 rings (SSSR count). The van der Waals surface area contributed by atoms with E-state index >= 15 is 0 Å². The molecule has 0 radical (unpaired) electrons. The van der Waals surface area contributed by atoms with E-state index < -0.39 is 0 Å². The Balaban J connectivity index is 2.57. The molecule has 0 amide bonds. The van der Waals surface area contributed by atoms with Crippen LogP contribution in [0.15, 0.2) is 0 Å². The number of hydrogen-bond acceptors (Lipinski definition) is 2. The van der Waals surface area contributed by atoms with E-state index in [9.17, 15) is 0 Å². The lowest BCUT2D eigenvalue weighted by atomic mass is 9.74. The molecule has 0 aromatic heterocycles. The van der Waals surface area contributed by atoms with Crippen molar-refractivity contribution in [1.82, 2.24) is 0 Å². The molecular weight excluding hydrogens is 186 g/mol. The standard InChI is InChI=1S/C13H27NO/c1-11(2,3)10(12(4,5)6)15-9-13(14)7-8-13/h10H,7-9,14H2,1-6H3. The predicted octanol–water partition coefficient (Wildman–Crippen LogP) is 2.96. The third kappa shape index (κ3) is 3.76. The number of hydrogen-bond donors (Lipinski definition) is 1. The molecular formula is C13H27NO. The Morgan fingerprint density at radius 3 is 1.73 bits per heavy atom. The molecule has 1 aliphatic rings. The summed E-state index contributed by atoms with van der Waals surface area (Å²) in [6, 6.07) is 0. The van der Waals surface area contributed by atoms with Crippen LogP contribution in [-0.2, 0) is 4.74 Å². The first-order valence-corrected chi connectivity index (χ1v) is 5.95. The van der Waals surface area contributed by atoms with Crippen LogP contribution in [0, 0.1) is 10.8 Å². The Morgan fingerprint density at radius 1 is 1.07 bits per heavy atom. The van der Waals surface area contributed by atoms with Crippen LogP contribution in [0.1, 0.15) is 54.4 Å². The van der Waals surface area contributed by atoms with Gasteiger partial charge in [0.2, 0.25) is 0 Å². The normalized spacial score (nSPS) is 20.8. The lowest BCUT2D eigenvalue weighted by Crippen LogP contribution is -2.43. The first kappa shape index (κ1) is 13.0. The summed E-state index contributed by atoms with van der Waals surface area (Å²) >= 11 is 0. The molecule has 90 valence electrons. The molecule has 0 unspecified atom stereocenters. The third-order valence-corrected chi connectivity index (χ3v) is 3.00. The fourth-order valence-corrected chi connectivity index (χ4v) is 2.35. The van der Waals surface area contributed by atoms with Gasteiger partial charge in [-0.1, -0.05) is 41.5 Å². The van der Waals surface area contributed by atoms with Crippen molar-refractivity contribution in [3.63, 3.8) is 0 Å². The van der Waals surface area contributed by atoms with Crippen molar-refractivity contribution in [3.8, 4) is 0 Å². The molecule has 1 saturated carbocycles. The maximum Gasteiger partial charge on any atom is 0.0672 e. The summed E-state index contributed by atoms with van der Waals surface area (Å²) in [6.07, 6.45) is 2.49. The molecule has 0 aromatic carbocycles. The zero-order valence-electron chi connectivity index (χ0n) is 11.2. The summed E-state index contributed by atoms with van der Waals surface area (Å²) in [7, 11) is 0. The van der Waals surface area contributed by atoms with Gasteiger partial charge in [0, 0.05) is 5.54 Å². The van der Waals surface area contributed by atoms with Crippen LogP contribution < -0.4 is 5.73 Å². The Bertz CT molecular complexity index is 204. The number of ether oxygens (including phenoxy) is 1. The zero-order chi connectivity index (χ0) is 11.9. The van der Waals surface area contributed by atoms with Gasteiger partial charge in [-0.3, -0.25) is 0 Å². The van der Waals surface area contributed by atoms with Gasteiger partial charge in [0.25, 0.3) is 0 Å². The van der Waals surface area contributed by atoms with E-state index in [4.69, 9.17) is 10.5 Å². The molecule has 2 N–H and O–H groups in total. The topological polar surface area (TPSA) is 35.2 Å². The van der Waals surface area contributed by atoms with E-state index in [0.29, 0.717) is 6.61 Å². The molecule has 0 aromatic rings. The zero-order valence-corrected chi connectivity index (χ0v) is 11.2. The van der Waals surface area contributed by atoms with E-state index in [-0.39, 0.29) is 22.5 Å². The van der Waals surface area contributed by atoms with Gasteiger partial charge in [-0.25, -0.2) is 0 Å². The molecule has 0 heterocycles. The van der Waals surface area contributed by atoms with Crippen molar-refractivity contribution in [1.29, 1.82) is 0 Å². The number of nitrogens with two attached hydrogens (primary N) is 1. The predicted molar refractivity (Wildman–Crippen MR) is 64.8 cm³/mol. The van der Waals surface area contributed by atoms with Crippen LogP contribution in [0.5, 0.6) is 0 Å². The highest BCUT2D eigenvalue weighted by Crippen LogP contribution is 2.39. The molecule has 0 spiro atoms. The lowest BCUT2D eigenvalue weighted by Gasteiger charge is -2.41. The Hall–Kier alpha value is -0.0800. The van der Waals surface area contributed by atoms with Crippen LogP contribution in [0.2, 0.25) is 0 Å². The first-order chi connectivity index (χ1) is 6.55. The van der Waals surface area contributed by atoms with Crippen molar-refractivity contribution >= 4 is 0 Å². The number of rotatable bonds is 3. The van der Waals surface area contributed by atoms with Crippen LogP contribution in [-0.4, -0.2) is 18.2 Å². The SMILES string of the molecule is CC(C)(C)C(OCC1(N)CC1)C(C)(C)C. The van der Waals surface area contributed by atoms with Gasteiger partial charge in [-0.05, 0) is 23.7 Å². The molecule has 0 bridgehead atoms. The maximum atomic E-state index is 6.07. The van der Waals surface area contributed by atoms with E-state index in [1.54, 1.807) is 0 Å². The largest absolute Gasteiger partial charge is 0.375 e. The van der Waals surface area contributed by atoms with Crippen LogP contribution in [0.4, 0.5) is 0 Å². The average Bonchev–Trinajstić information content (AvgIpc) is 2.62. The summed E-state index contributed by atoms with van der Waals surface area (Å²) in [6.45, 7) is 14.1. The minimum absolute atomic E-state index is 0.00521. The molecule has 1 fully saturated rings. The van der Waals surface area contributed by atoms with Crippen molar-refractivity contribution in [2.75, 3.05) is 6.61 Å². The monoisotopic (exact) mass is 213 g/mol. The first-order valence-electron chi connectivity index (χ1n) is 5.95. The quantitative estimate of drug-likeness (QED) is 0.782. The molecule has 15 heavy (non-hydrogen) atoms. The minimum Gasteiger partial charge on any atom is -0.375 e. The van der Waals surface area contributed by atoms with Gasteiger partial charge >= 0.3 is 0 Å². The molecule has 1 aliphatic carbocycles. The van der Waals surface area contributed by atoms with Crippen LogP contribution >= 0.6 is 0 Å². The summed E-state index contributed by atoms with van der Waals surface area (Å²) in [5.41, 5.74) is 6.39. The van der Waals surface area contributed by atoms with Crippen LogP contribution in [0.3, 0.4) is 0 Å². The third-order valence-electron chi connectivity index (χ3n) is 3.00. The molecule has 2 heteroatoms. The maximum absolute atomic E-state index is 6.07. The second kappa shape index (κ2) is 3.74. The minimum atomic E-state index is -0.00521. The molecule has 0 atom stereocenters. The molecule has 0 aliphatic heterocycles.